The lowest BCUT2D eigenvalue weighted by atomic mass is 10.1. The van der Waals surface area contributed by atoms with Gasteiger partial charge in [0.05, 0.1) is 25.2 Å². The van der Waals surface area contributed by atoms with Gasteiger partial charge in [-0.15, -0.1) is 0 Å². The largest absolute Gasteiger partial charge is 0.380 e. The smallest absolute Gasteiger partial charge is 0.225 e. The van der Waals surface area contributed by atoms with Gasteiger partial charge in [-0.3, -0.25) is 4.79 Å². The quantitative estimate of drug-likeness (QED) is 0.790. The fraction of sp³-hybridized carbons (Fsp3) is 0.611. The van der Waals surface area contributed by atoms with Crippen molar-refractivity contribution in [3.05, 3.63) is 35.9 Å². The maximum absolute atomic E-state index is 12.2. The van der Waals surface area contributed by atoms with E-state index in [1.165, 1.54) is 5.56 Å². The van der Waals surface area contributed by atoms with Gasteiger partial charge in [0.25, 0.3) is 0 Å². The van der Waals surface area contributed by atoms with Gasteiger partial charge in [-0.25, -0.2) is 0 Å². The fourth-order valence-corrected chi connectivity index (χ4v) is 2.85. The van der Waals surface area contributed by atoms with Crippen molar-refractivity contribution in [2.45, 2.75) is 37.9 Å². The third kappa shape index (κ3) is 5.94. The summed E-state index contributed by atoms with van der Waals surface area (Å²) in [5.41, 5.74) is 6.87. The summed E-state index contributed by atoms with van der Waals surface area (Å²) in [5.74, 6) is 0.130. The number of amides is 1. The Hall–Kier alpha value is -1.43. The van der Waals surface area contributed by atoms with Crippen molar-refractivity contribution in [3.63, 3.8) is 0 Å². The van der Waals surface area contributed by atoms with E-state index in [0.29, 0.717) is 13.0 Å². The van der Waals surface area contributed by atoms with Crippen LogP contribution >= 0.6 is 0 Å². The maximum Gasteiger partial charge on any atom is 0.225 e. The summed E-state index contributed by atoms with van der Waals surface area (Å²) in [4.78, 5) is 14.1. The summed E-state index contributed by atoms with van der Waals surface area (Å²) in [5, 5.41) is 0. The zero-order chi connectivity index (χ0) is 16.5. The first kappa shape index (κ1) is 17.9. The number of nitrogens with zero attached hydrogens (tertiary/aromatic N) is 1. The molecule has 5 nitrogen and oxygen atoms in total. The van der Waals surface area contributed by atoms with Crippen molar-refractivity contribution >= 4 is 5.91 Å². The van der Waals surface area contributed by atoms with Crippen LogP contribution in [-0.4, -0.2) is 56.4 Å². The first-order valence-electron chi connectivity index (χ1n) is 8.39. The van der Waals surface area contributed by atoms with Gasteiger partial charge in [0.15, 0.2) is 0 Å². The molecule has 1 saturated heterocycles. The zero-order valence-electron chi connectivity index (χ0n) is 13.9. The molecular weight excluding hydrogens is 292 g/mol. The summed E-state index contributed by atoms with van der Waals surface area (Å²) < 4.78 is 11.1. The molecule has 1 amide bonds. The van der Waals surface area contributed by atoms with E-state index in [2.05, 4.69) is 12.1 Å². The molecule has 1 aromatic carbocycles. The van der Waals surface area contributed by atoms with Crippen LogP contribution in [0.4, 0.5) is 0 Å². The number of benzene rings is 1. The van der Waals surface area contributed by atoms with Crippen molar-refractivity contribution in [2.24, 2.45) is 5.73 Å². The van der Waals surface area contributed by atoms with Crippen molar-refractivity contribution in [1.29, 1.82) is 0 Å². The fourth-order valence-electron chi connectivity index (χ4n) is 2.85. The molecular formula is C18H28N2O3. The second-order valence-electron chi connectivity index (χ2n) is 5.98. The van der Waals surface area contributed by atoms with Gasteiger partial charge >= 0.3 is 0 Å². The molecule has 1 unspecified atom stereocenters. The van der Waals surface area contributed by atoms with Crippen LogP contribution in [0.1, 0.15) is 24.8 Å². The van der Waals surface area contributed by atoms with Gasteiger partial charge in [-0.1, -0.05) is 30.3 Å². The Balaban J connectivity index is 1.64. The molecule has 128 valence electrons. The van der Waals surface area contributed by atoms with E-state index >= 15 is 0 Å². The lowest BCUT2D eigenvalue weighted by Crippen LogP contribution is -2.43. The number of carbonyl (C=O) groups excluding carboxylic acids is 1. The van der Waals surface area contributed by atoms with E-state index in [4.69, 9.17) is 15.2 Å². The highest BCUT2D eigenvalue weighted by Crippen LogP contribution is 2.16. The van der Waals surface area contributed by atoms with Crippen LogP contribution < -0.4 is 5.73 Å². The highest BCUT2D eigenvalue weighted by atomic mass is 16.5. The van der Waals surface area contributed by atoms with E-state index in [-0.39, 0.29) is 18.1 Å². The number of hydrogen-bond acceptors (Lipinski definition) is 4. The standard InChI is InChI=1S/C18H28N2O3/c1-22-17(14-19)13-18(21)20-10-7-16(8-11-20)23-12-9-15-5-3-2-4-6-15/h2-6,16-17H,7-14,19H2,1H3. The minimum absolute atomic E-state index is 0.130. The van der Waals surface area contributed by atoms with E-state index < -0.39 is 0 Å². The molecule has 0 saturated carbocycles. The summed E-state index contributed by atoms with van der Waals surface area (Å²) >= 11 is 0. The van der Waals surface area contributed by atoms with Crippen LogP contribution in [0.2, 0.25) is 0 Å². The number of nitrogens with two attached hydrogens (primary N) is 1. The molecule has 1 fully saturated rings. The molecule has 1 atom stereocenters. The second kappa shape index (κ2) is 9.65. The van der Waals surface area contributed by atoms with Gasteiger partial charge in [0.1, 0.15) is 0 Å². The van der Waals surface area contributed by atoms with E-state index in [0.717, 1.165) is 39.0 Å². The number of rotatable bonds is 8. The van der Waals surface area contributed by atoms with Crippen molar-refractivity contribution in [3.8, 4) is 0 Å². The molecule has 2 N–H and O–H groups in total. The Morgan fingerprint density at radius 3 is 2.61 bits per heavy atom. The van der Waals surface area contributed by atoms with E-state index in [9.17, 15) is 4.79 Å². The topological polar surface area (TPSA) is 64.8 Å². The van der Waals surface area contributed by atoms with Gasteiger partial charge in [-0.05, 0) is 24.8 Å². The highest BCUT2D eigenvalue weighted by Gasteiger charge is 2.24. The molecule has 1 aliphatic heterocycles. The Labute approximate surface area is 138 Å². The first-order valence-corrected chi connectivity index (χ1v) is 8.39. The Morgan fingerprint density at radius 1 is 1.30 bits per heavy atom. The summed E-state index contributed by atoms with van der Waals surface area (Å²) in [6, 6.07) is 10.4. The van der Waals surface area contributed by atoms with Gasteiger partial charge in [-0.2, -0.15) is 0 Å². The normalized spacial score (nSPS) is 17.2. The average molecular weight is 320 g/mol. The molecule has 5 heteroatoms. The SMILES string of the molecule is COC(CN)CC(=O)N1CCC(OCCc2ccccc2)CC1. The van der Waals surface area contributed by atoms with Crippen LogP contribution in [0.25, 0.3) is 0 Å². The van der Waals surface area contributed by atoms with Crippen molar-refractivity contribution in [1.82, 2.24) is 4.90 Å². The maximum atomic E-state index is 12.2. The molecule has 0 spiro atoms. The van der Waals surface area contributed by atoms with E-state index in [1.54, 1.807) is 7.11 Å². The number of likely N-dealkylation sites (tertiary alicyclic amines) is 1. The minimum Gasteiger partial charge on any atom is -0.380 e. The molecule has 1 heterocycles. The van der Waals surface area contributed by atoms with Crippen LogP contribution in [0.5, 0.6) is 0 Å². The van der Waals surface area contributed by atoms with Crippen LogP contribution in [0.3, 0.4) is 0 Å². The van der Waals surface area contributed by atoms with Gasteiger partial charge in [0, 0.05) is 26.7 Å². The average Bonchev–Trinajstić information content (AvgIpc) is 2.61. The summed E-state index contributed by atoms with van der Waals surface area (Å²) in [6.45, 7) is 2.63. The van der Waals surface area contributed by atoms with Crippen LogP contribution in [-0.2, 0) is 20.7 Å². The summed E-state index contributed by atoms with van der Waals surface area (Å²) in [7, 11) is 1.59. The monoisotopic (exact) mass is 320 g/mol. The molecule has 23 heavy (non-hydrogen) atoms. The van der Waals surface area contributed by atoms with Gasteiger partial charge < -0.3 is 20.1 Å². The third-order valence-corrected chi connectivity index (χ3v) is 4.38. The Morgan fingerprint density at radius 2 is 2.00 bits per heavy atom. The molecule has 1 aromatic rings. The number of piperidine rings is 1. The number of hydrogen-bond donors (Lipinski definition) is 1. The number of methoxy groups -OCH3 is 1. The lowest BCUT2D eigenvalue weighted by molar-refractivity contribution is -0.136. The molecule has 1 aliphatic rings. The van der Waals surface area contributed by atoms with Crippen molar-refractivity contribution < 1.29 is 14.3 Å². The third-order valence-electron chi connectivity index (χ3n) is 4.38. The molecule has 0 aromatic heterocycles. The van der Waals surface area contributed by atoms with Crippen molar-refractivity contribution in [2.75, 3.05) is 33.4 Å². The predicted octanol–water partition coefficient (Wildman–Crippen LogP) is 1.60. The molecule has 0 radical (unpaired) electrons. The number of carbonyl (C=O) groups is 1. The van der Waals surface area contributed by atoms with Crippen LogP contribution in [0, 0.1) is 0 Å². The first-order chi connectivity index (χ1) is 11.2. The van der Waals surface area contributed by atoms with Gasteiger partial charge in [0.2, 0.25) is 5.91 Å². The zero-order valence-corrected chi connectivity index (χ0v) is 13.9. The molecule has 0 aliphatic carbocycles. The molecule has 0 bridgehead atoms. The lowest BCUT2D eigenvalue weighted by Gasteiger charge is -2.32. The Bertz CT molecular complexity index is 455. The molecule has 2 rings (SSSR count). The van der Waals surface area contributed by atoms with Crippen LogP contribution in [0.15, 0.2) is 30.3 Å². The predicted molar refractivity (Wildman–Crippen MR) is 90.2 cm³/mol. The minimum atomic E-state index is -0.178. The second-order valence-corrected chi connectivity index (χ2v) is 5.98. The summed E-state index contributed by atoms with van der Waals surface area (Å²) in [6.07, 6.45) is 3.19. The highest BCUT2D eigenvalue weighted by molar-refractivity contribution is 5.76. The Kier molecular flexibility index (Phi) is 7.52. The number of ether oxygens (including phenoxy) is 2. The van der Waals surface area contributed by atoms with E-state index in [1.807, 2.05) is 23.1 Å².